The van der Waals surface area contributed by atoms with Crippen LogP contribution in [0, 0.1) is 0 Å². The van der Waals surface area contributed by atoms with Crippen LogP contribution in [0.15, 0.2) is 48.5 Å². The Morgan fingerprint density at radius 3 is 2.38 bits per heavy atom. The summed E-state index contributed by atoms with van der Waals surface area (Å²) < 4.78 is 29.5. The molecule has 1 aliphatic heterocycles. The average molecular weight is 525 g/mol. The summed E-state index contributed by atoms with van der Waals surface area (Å²) in [5, 5.41) is 1.64. The average Bonchev–Trinajstić information content (AvgIpc) is 3.14. The molecule has 1 aromatic heterocycles. The van der Waals surface area contributed by atoms with E-state index >= 15 is 0 Å². The molecular weight excluding hydrogens is 499 g/mol. The summed E-state index contributed by atoms with van der Waals surface area (Å²) in [6, 6.07) is 14.5. The van der Waals surface area contributed by atoms with Gasteiger partial charge in [-0.1, -0.05) is 60.0 Å². The number of benzene rings is 2. The maximum Gasteiger partial charge on any atom is 0.304 e. The van der Waals surface area contributed by atoms with Crippen LogP contribution in [0.2, 0.25) is 10.0 Å². The molecular formula is C23H26Cl2N4O4S. The largest absolute Gasteiger partial charge is 0.364 e. The van der Waals surface area contributed by atoms with Crippen molar-refractivity contribution in [3.05, 3.63) is 69.8 Å². The molecule has 2 amide bonds. The fourth-order valence-electron chi connectivity index (χ4n) is 4.03. The van der Waals surface area contributed by atoms with Gasteiger partial charge in [0.2, 0.25) is 5.91 Å². The SMILES string of the molecule is CC(=O)NS(=O)(=O)N1CCCC[C@@H]1c1ccccc1.Cn1c(C(N)=O)cc2c(Cl)c(Cl)ccc21. The molecule has 1 aliphatic rings. The van der Waals surface area contributed by atoms with Gasteiger partial charge in [-0.25, -0.2) is 4.72 Å². The van der Waals surface area contributed by atoms with Gasteiger partial charge in [0.25, 0.3) is 5.91 Å². The summed E-state index contributed by atoms with van der Waals surface area (Å²) in [5.74, 6) is -1.04. The first-order valence-electron chi connectivity index (χ1n) is 10.6. The van der Waals surface area contributed by atoms with Gasteiger partial charge in [-0.05, 0) is 36.6 Å². The van der Waals surface area contributed by atoms with Crippen molar-refractivity contribution in [3.8, 4) is 0 Å². The number of fused-ring (bicyclic) bond motifs is 1. The van der Waals surface area contributed by atoms with E-state index in [4.69, 9.17) is 28.9 Å². The van der Waals surface area contributed by atoms with Crippen molar-refractivity contribution < 1.29 is 18.0 Å². The van der Waals surface area contributed by atoms with E-state index in [0.29, 0.717) is 22.3 Å². The monoisotopic (exact) mass is 524 g/mol. The Morgan fingerprint density at radius 1 is 1.09 bits per heavy atom. The number of nitrogens with two attached hydrogens (primary N) is 1. The van der Waals surface area contributed by atoms with Crippen molar-refractivity contribution in [3.63, 3.8) is 0 Å². The number of halogens is 2. The summed E-state index contributed by atoms with van der Waals surface area (Å²) >= 11 is 11.9. The minimum Gasteiger partial charge on any atom is -0.364 e. The zero-order valence-corrected chi connectivity index (χ0v) is 21.1. The first kappa shape index (κ1) is 26.0. The maximum absolute atomic E-state index is 12.2. The zero-order chi connectivity index (χ0) is 25.0. The summed E-state index contributed by atoms with van der Waals surface area (Å²) in [7, 11) is -1.99. The van der Waals surface area contributed by atoms with Crippen LogP contribution in [-0.2, 0) is 22.1 Å². The second-order valence-electron chi connectivity index (χ2n) is 7.94. The highest BCUT2D eigenvalue weighted by molar-refractivity contribution is 7.87. The van der Waals surface area contributed by atoms with Crippen LogP contribution >= 0.6 is 23.2 Å². The molecule has 8 nitrogen and oxygen atoms in total. The number of aromatic nitrogens is 1. The number of rotatable bonds is 4. The Labute approximate surface area is 208 Å². The van der Waals surface area contributed by atoms with E-state index in [1.165, 1.54) is 11.2 Å². The molecule has 3 aromatic rings. The van der Waals surface area contributed by atoms with E-state index in [0.717, 1.165) is 35.7 Å². The molecule has 1 atom stereocenters. The van der Waals surface area contributed by atoms with Crippen LogP contribution in [0.25, 0.3) is 10.9 Å². The van der Waals surface area contributed by atoms with E-state index in [2.05, 4.69) is 0 Å². The highest BCUT2D eigenvalue weighted by Gasteiger charge is 2.33. The Bertz CT molecular complexity index is 1310. The van der Waals surface area contributed by atoms with E-state index in [1.54, 1.807) is 29.8 Å². The molecule has 0 aliphatic carbocycles. The number of hydrogen-bond acceptors (Lipinski definition) is 4. The van der Waals surface area contributed by atoms with Crippen LogP contribution in [0.5, 0.6) is 0 Å². The molecule has 182 valence electrons. The number of nitrogens with zero attached hydrogens (tertiary/aromatic N) is 2. The minimum absolute atomic E-state index is 0.188. The van der Waals surface area contributed by atoms with Gasteiger partial charge in [0.15, 0.2) is 0 Å². The number of piperidine rings is 1. The molecule has 0 bridgehead atoms. The van der Waals surface area contributed by atoms with Crippen molar-refractivity contribution in [2.24, 2.45) is 12.8 Å². The summed E-state index contributed by atoms with van der Waals surface area (Å²) in [6.45, 7) is 1.65. The maximum atomic E-state index is 12.2. The Balaban J connectivity index is 0.000000196. The van der Waals surface area contributed by atoms with Crippen LogP contribution in [0.1, 0.15) is 48.3 Å². The number of carbonyl (C=O) groups is 2. The minimum atomic E-state index is -3.75. The fraction of sp³-hybridized carbons (Fsp3) is 0.304. The van der Waals surface area contributed by atoms with Gasteiger partial charge < -0.3 is 10.3 Å². The van der Waals surface area contributed by atoms with Gasteiger partial charge in [-0.3, -0.25) is 9.59 Å². The third-order valence-electron chi connectivity index (χ3n) is 5.59. The van der Waals surface area contributed by atoms with Crippen LogP contribution in [0.4, 0.5) is 0 Å². The molecule has 0 saturated carbocycles. The molecule has 0 radical (unpaired) electrons. The number of nitrogens with one attached hydrogen (secondary N) is 1. The summed E-state index contributed by atoms with van der Waals surface area (Å²) in [5.41, 5.74) is 7.44. The summed E-state index contributed by atoms with van der Waals surface area (Å²) in [6.07, 6.45) is 2.59. The van der Waals surface area contributed by atoms with Gasteiger partial charge in [0.1, 0.15) is 5.69 Å². The molecule has 0 spiro atoms. The molecule has 4 rings (SSSR count). The molecule has 11 heteroatoms. The Morgan fingerprint density at radius 2 is 1.76 bits per heavy atom. The van der Waals surface area contributed by atoms with Crippen molar-refractivity contribution in [1.29, 1.82) is 0 Å². The number of primary amides is 1. The van der Waals surface area contributed by atoms with Crippen LogP contribution in [0.3, 0.4) is 0 Å². The van der Waals surface area contributed by atoms with Gasteiger partial charge in [0, 0.05) is 31.4 Å². The number of carbonyl (C=O) groups excluding carboxylic acids is 2. The third kappa shape index (κ3) is 5.72. The third-order valence-corrected chi connectivity index (χ3v) is 8.00. The number of aryl methyl sites for hydroxylation is 1. The number of amides is 2. The van der Waals surface area contributed by atoms with Crippen LogP contribution < -0.4 is 10.5 Å². The van der Waals surface area contributed by atoms with E-state index in [1.807, 2.05) is 35.1 Å². The lowest BCUT2D eigenvalue weighted by atomic mass is 9.98. The quantitative estimate of drug-likeness (QED) is 0.532. The molecule has 3 N–H and O–H groups in total. The lowest BCUT2D eigenvalue weighted by Gasteiger charge is -2.34. The van der Waals surface area contributed by atoms with Crippen molar-refractivity contribution >= 4 is 56.1 Å². The molecule has 2 heterocycles. The van der Waals surface area contributed by atoms with E-state index < -0.39 is 22.0 Å². The topological polar surface area (TPSA) is 114 Å². The van der Waals surface area contributed by atoms with Crippen molar-refractivity contribution in [2.75, 3.05) is 6.54 Å². The lowest BCUT2D eigenvalue weighted by molar-refractivity contribution is -0.117. The Hall–Kier alpha value is -2.59. The van der Waals surface area contributed by atoms with Crippen molar-refractivity contribution in [2.45, 2.75) is 32.2 Å². The highest BCUT2D eigenvalue weighted by atomic mass is 35.5. The first-order valence-corrected chi connectivity index (χ1v) is 12.8. The second-order valence-corrected chi connectivity index (χ2v) is 10.4. The molecule has 2 aromatic carbocycles. The second kappa shape index (κ2) is 10.8. The van der Waals surface area contributed by atoms with Gasteiger partial charge in [-0.15, -0.1) is 0 Å². The van der Waals surface area contributed by atoms with Crippen molar-refractivity contribution in [1.82, 2.24) is 13.6 Å². The van der Waals surface area contributed by atoms with Gasteiger partial charge >= 0.3 is 10.2 Å². The lowest BCUT2D eigenvalue weighted by Crippen LogP contribution is -2.46. The van der Waals surface area contributed by atoms with Gasteiger partial charge in [-0.2, -0.15) is 12.7 Å². The van der Waals surface area contributed by atoms with Gasteiger partial charge in [0.05, 0.1) is 16.1 Å². The smallest absolute Gasteiger partial charge is 0.304 e. The number of hydrogen-bond donors (Lipinski definition) is 2. The molecule has 34 heavy (non-hydrogen) atoms. The Kier molecular flexibility index (Phi) is 8.25. The zero-order valence-electron chi connectivity index (χ0n) is 18.8. The van der Waals surface area contributed by atoms with E-state index in [-0.39, 0.29) is 6.04 Å². The highest BCUT2D eigenvalue weighted by Crippen LogP contribution is 2.33. The molecule has 1 fully saturated rings. The predicted octanol–water partition coefficient (Wildman–Crippen LogP) is 4.18. The first-order chi connectivity index (χ1) is 16.0. The predicted molar refractivity (Wildman–Crippen MR) is 134 cm³/mol. The van der Waals surface area contributed by atoms with E-state index in [9.17, 15) is 18.0 Å². The fourth-order valence-corrected chi connectivity index (χ4v) is 5.82. The normalized spacial score (nSPS) is 16.5. The molecule has 1 saturated heterocycles. The van der Waals surface area contributed by atoms with Crippen LogP contribution in [-0.4, -0.2) is 35.6 Å². The standard InChI is InChI=1S/C13H18N2O3S.C10H8Cl2N2O/c1-11(16)14-19(17,18)15-10-6-5-9-13(15)12-7-3-2-4-8-12;1-14-7-3-2-6(11)9(12)5(7)4-8(14)10(13)15/h2-4,7-8,13H,5-6,9-10H2,1H3,(H,14,16);2-4H,1H3,(H2,13,15)/t13-;/m1./s1. The molecule has 0 unspecified atom stereocenters. The summed E-state index contributed by atoms with van der Waals surface area (Å²) in [4.78, 5) is 22.1.